The lowest BCUT2D eigenvalue weighted by Gasteiger charge is -2.51. The van der Waals surface area contributed by atoms with Crippen molar-refractivity contribution in [3.63, 3.8) is 0 Å². The van der Waals surface area contributed by atoms with Crippen molar-refractivity contribution >= 4 is 46.7 Å². The highest BCUT2D eigenvalue weighted by Crippen LogP contribution is 2.41. The molecule has 27 heavy (non-hydrogen) atoms. The maximum absolute atomic E-state index is 12.9. The minimum Gasteiger partial charge on any atom is -0.515 e. The van der Waals surface area contributed by atoms with Gasteiger partial charge in [-0.2, -0.15) is 0 Å². The normalized spacial score (nSPS) is 23.2. The number of amides is 1. The molecule has 1 N–H and O–H groups in total. The van der Waals surface area contributed by atoms with Gasteiger partial charge in [0, 0.05) is 5.75 Å². The van der Waals surface area contributed by atoms with Gasteiger partial charge in [0.15, 0.2) is 0 Å². The van der Waals surface area contributed by atoms with Gasteiger partial charge in [0.05, 0.1) is 0 Å². The zero-order valence-electron chi connectivity index (χ0n) is 16.7. The number of hydrogen-bond donors (Lipinski definition) is 1. The van der Waals surface area contributed by atoms with Crippen molar-refractivity contribution in [3.05, 3.63) is 23.4 Å². The Labute approximate surface area is 166 Å². The summed E-state index contributed by atoms with van der Waals surface area (Å²) >= 11 is 1.63. The Morgan fingerprint density at radius 2 is 1.96 bits per heavy atom. The third-order valence-corrected chi connectivity index (χ3v) is 7.04. The van der Waals surface area contributed by atoms with Crippen molar-refractivity contribution in [1.82, 2.24) is 9.88 Å². The summed E-state index contributed by atoms with van der Waals surface area (Å²) in [6.07, 6.45) is 3.40. The summed E-state index contributed by atoms with van der Waals surface area (Å²) in [6, 6.07) is -0.264. The van der Waals surface area contributed by atoms with Crippen LogP contribution in [-0.4, -0.2) is 63.6 Å². The largest absolute Gasteiger partial charge is 0.515 e. The Morgan fingerprint density at radius 1 is 1.30 bits per heavy atom. The number of thioether (sulfide) groups is 1. The van der Waals surface area contributed by atoms with Crippen molar-refractivity contribution < 1.29 is 23.5 Å². The van der Waals surface area contributed by atoms with Crippen LogP contribution in [0, 0.1) is 0 Å². The molecule has 0 radical (unpaired) electrons. The third-order valence-electron chi connectivity index (χ3n) is 3.76. The summed E-state index contributed by atoms with van der Waals surface area (Å²) in [7, 11) is -3.76. The number of carbonyl (C=O) groups is 3. The van der Waals surface area contributed by atoms with Gasteiger partial charge in [-0.1, -0.05) is 25.7 Å². The lowest BCUT2D eigenvalue weighted by atomic mass is 10.0. The van der Waals surface area contributed by atoms with E-state index in [4.69, 9.17) is 4.43 Å². The number of allylic oxidation sites excluding steroid dienone is 1. The molecular formula is C17H28N2O5SSi2. The van der Waals surface area contributed by atoms with Gasteiger partial charge in [0.2, 0.25) is 14.2 Å². The van der Waals surface area contributed by atoms with E-state index in [1.807, 2.05) is 19.6 Å². The van der Waals surface area contributed by atoms with Crippen LogP contribution >= 0.6 is 11.8 Å². The van der Waals surface area contributed by atoms with Gasteiger partial charge >= 0.3 is 5.97 Å². The van der Waals surface area contributed by atoms with Crippen LogP contribution in [0.4, 0.5) is 0 Å². The summed E-state index contributed by atoms with van der Waals surface area (Å²) in [6.45, 7) is 12.7. The SMILES string of the molecule is C[Si](C)(C)NC1C(=O)N2C(C(=O)O[Si](C)(C)C)=C(C=CCOC=O)CS[C@H]12. The second-order valence-electron chi connectivity index (χ2n) is 8.49. The second-order valence-corrected chi connectivity index (χ2v) is 18.8. The summed E-state index contributed by atoms with van der Waals surface area (Å²) in [5.41, 5.74) is 1.04. The van der Waals surface area contributed by atoms with Gasteiger partial charge in [-0.3, -0.25) is 14.5 Å². The lowest BCUT2D eigenvalue weighted by molar-refractivity contribution is -0.147. The smallest absolute Gasteiger partial charge is 0.342 e. The molecule has 10 heteroatoms. The molecule has 2 atom stereocenters. The molecule has 2 rings (SSSR count). The lowest BCUT2D eigenvalue weighted by Crippen LogP contribution is -2.73. The van der Waals surface area contributed by atoms with Crippen LogP contribution in [0.5, 0.6) is 0 Å². The number of fused-ring (bicyclic) bond motifs is 1. The summed E-state index contributed by atoms with van der Waals surface area (Å²) in [5.74, 6) is 0.0499. The average Bonchev–Trinajstić information content (AvgIpc) is 2.53. The number of nitrogens with zero attached hydrogens (tertiary/aromatic N) is 1. The van der Waals surface area contributed by atoms with Crippen molar-refractivity contribution in [3.8, 4) is 0 Å². The molecule has 1 saturated heterocycles. The molecule has 2 aliphatic heterocycles. The number of carbonyl (C=O) groups excluding carboxylic acids is 3. The number of ether oxygens (including phenoxy) is 1. The fourth-order valence-corrected chi connectivity index (χ4v) is 6.14. The summed E-state index contributed by atoms with van der Waals surface area (Å²) in [4.78, 5) is 41.0. The fraction of sp³-hybridized carbons (Fsp3) is 0.588. The predicted octanol–water partition coefficient (Wildman–Crippen LogP) is 2.06. The van der Waals surface area contributed by atoms with E-state index >= 15 is 0 Å². The van der Waals surface area contributed by atoms with E-state index in [-0.39, 0.29) is 23.9 Å². The summed E-state index contributed by atoms with van der Waals surface area (Å²) < 4.78 is 10.3. The van der Waals surface area contributed by atoms with Crippen LogP contribution in [0.3, 0.4) is 0 Å². The molecule has 1 amide bonds. The number of rotatable bonds is 8. The molecule has 2 heterocycles. The van der Waals surface area contributed by atoms with E-state index < -0.39 is 22.5 Å². The minimum atomic E-state index is -2.11. The Bertz CT molecular complexity index is 682. The first kappa shape index (κ1) is 21.9. The van der Waals surface area contributed by atoms with Crippen LogP contribution in [-0.2, 0) is 23.5 Å². The highest BCUT2D eigenvalue weighted by molar-refractivity contribution is 8.00. The Morgan fingerprint density at radius 3 is 2.52 bits per heavy atom. The first-order chi connectivity index (χ1) is 12.4. The number of hydrogen-bond acceptors (Lipinski definition) is 7. The zero-order valence-corrected chi connectivity index (χ0v) is 19.5. The van der Waals surface area contributed by atoms with Gasteiger partial charge in [0.25, 0.3) is 6.47 Å². The second kappa shape index (κ2) is 8.33. The van der Waals surface area contributed by atoms with Crippen molar-refractivity contribution in [2.24, 2.45) is 0 Å². The first-order valence-corrected chi connectivity index (χ1v) is 16.8. The van der Waals surface area contributed by atoms with Gasteiger partial charge in [-0.05, 0) is 31.3 Å². The van der Waals surface area contributed by atoms with Gasteiger partial charge < -0.3 is 14.1 Å². The van der Waals surface area contributed by atoms with Crippen molar-refractivity contribution in [1.29, 1.82) is 0 Å². The molecule has 0 saturated carbocycles. The Kier molecular flexibility index (Phi) is 6.77. The van der Waals surface area contributed by atoms with E-state index in [0.29, 0.717) is 23.5 Å². The van der Waals surface area contributed by atoms with Gasteiger partial charge in [0.1, 0.15) is 32.0 Å². The highest BCUT2D eigenvalue weighted by atomic mass is 32.2. The topological polar surface area (TPSA) is 84.9 Å². The maximum atomic E-state index is 12.9. The van der Waals surface area contributed by atoms with Crippen molar-refractivity contribution in [2.45, 2.75) is 50.7 Å². The molecule has 7 nitrogen and oxygen atoms in total. The summed E-state index contributed by atoms with van der Waals surface area (Å²) in [5, 5.41) is -0.100. The zero-order chi connectivity index (χ0) is 20.4. The molecular weight excluding hydrogens is 400 g/mol. The molecule has 150 valence electrons. The highest BCUT2D eigenvalue weighted by Gasteiger charge is 2.54. The molecule has 0 aromatic carbocycles. The van der Waals surface area contributed by atoms with Crippen LogP contribution in [0.1, 0.15) is 0 Å². The average molecular weight is 429 g/mol. The fourth-order valence-electron chi connectivity index (χ4n) is 2.84. The standard InChI is InChI=1S/C17H28N2O5SSi2/c1-26(2,3)18-13-15(21)19-14(17(22)24-27(4,5)6)12(10-25-16(13)19)8-7-9-23-11-20/h7-8,11,13,16,18H,9-10H2,1-6H3/t13?,16-/m1/s1. The van der Waals surface area contributed by atoms with E-state index in [9.17, 15) is 14.4 Å². The molecule has 0 aromatic heterocycles. The monoisotopic (exact) mass is 428 g/mol. The Balaban J connectivity index is 2.30. The first-order valence-electron chi connectivity index (χ1n) is 8.85. The van der Waals surface area contributed by atoms with E-state index in [2.05, 4.69) is 29.4 Å². The molecule has 0 aromatic rings. The van der Waals surface area contributed by atoms with E-state index in [1.54, 1.807) is 28.8 Å². The molecule has 2 aliphatic rings. The Hall–Kier alpha value is -1.37. The maximum Gasteiger partial charge on any atom is 0.342 e. The molecule has 0 aliphatic carbocycles. The number of β-lactam (4-membered cyclic amide) rings is 1. The third kappa shape index (κ3) is 5.56. The van der Waals surface area contributed by atoms with Crippen molar-refractivity contribution in [2.75, 3.05) is 12.4 Å². The molecule has 0 bridgehead atoms. The van der Waals surface area contributed by atoms with E-state index in [0.717, 1.165) is 0 Å². The minimum absolute atomic E-state index is 0.0906. The van der Waals surface area contributed by atoms with Crippen LogP contribution in [0.2, 0.25) is 39.3 Å². The predicted molar refractivity (Wildman–Crippen MR) is 111 cm³/mol. The van der Waals surface area contributed by atoms with E-state index in [1.165, 1.54) is 0 Å². The van der Waals surface area contributed by atoms with Crippen LogP contribution in [0.15, 0.2) is 23.4 Å². The van der Waals surface area contributed by atoms with Gasteiger partial charge in [-0.25, -0.2) is 4.79 Å². The molecule has 1 unspecified atom stereocenters. The molecule has 1 fully saturated rings. The van der Waals surface area contributed by atoms with Gasteiger partial charge in [-0.15, -0.1) is 11.8 Å². The number of nitrogens with one attached hydrogen (secondary N) is 1. The molecule has 0 spiro atoms. The quantitative estimate of drug-likeness (QED) is 0.274. The van der Waals surface area contributed by atoms with Crippen LogP contribution in [0.25, 0.3) is 0 Å². The van der Waals surface area contributed by atoms with Crippen LogP contribution < -0.4 is 4.98 Å².